The van der Waals surface area contributed by atoms with Gasteiger partial charge in [0.15, 0.2) is 0 Å². The summed E-state index contributed by atoms with van der Waals surface area (Å²) in [6.07, 6.45) is 1.81. The van der Waals surface area contributed by atoms with Crippen LogP contribution < -0.4 is 0 Å². The summed E-state index contributed by atoms with van der Waals surface area (Å²) in [4.78, 5) is 3.58. The molecule has 0 aromatic heterocycles. The Kier molecular flexibility index (Phi) is 32.7. The van der Waals surface area contributed by atoms with Gasteiger partial charge in [-0.25, -0.2) is 0 Å². The molecule has 30 heavy (non-hydrogen) atoms. The monoisotopic (exact) mass is 444 g/mol. The molecule has 0 saturated heterocycles. The predicted octanol–water partition coefficient (Wildman–Crippen LogP) is -4.76. The Morgan fingerprint density at radius 3 is 0.733 bits per heavy atom. The molecule has 0 amide bonds. The number of hydrogen-bond donors (Lipinski definition) is 10. The minimum atomic E-state index is -1.27. The van der Waals surface area contributed by atoms with E-state index in [1.165, 1.54) is 0 Å². The van der Waals surface area contributed by atoms with Crippen molar-refractivity contribution >= 4 is 14.2 Å². The molecular weight excluding hydrogens is 402 g/mol. The van der Waals surface area contributed by atoms with Crippen LogP contribution in [-0.4, -0.2) is 154 Å². The summed E-state index contributed by atoms with van der Waals surface area (Å²) in [6.45, 7) is 3.51. The summed E-state index contributed by atoms with van der Waals surface area (Å²) >= 11 is 0. The van der Waals surface area contributed by atoms with E-state index in [0.29, 0.717) is 64.8 Å². The molecule has 0 saturated carbocycles. The van der Waals surface area contributed by atoms with Crippen LogP contribution in [0.4, 0.5) is 0 Å². The van der Waals surface area contributed by atoms with Crippen LogP contribution in [0, 0.1) is 0 Å². The maximum Gasteiger partial charge on any atom is 0.451 e. The Morgan fingerprint density at radius 2 is 0.600 bits per heavy atom. The van der Waals surface area contributed by atoms with Crippen molar-refractivity contribution in [1.82, 2.24) is 9.80 Å². The Morgan fingerprint density at radius 1 is 0.400 bits per heavy atom. The van der Waals surface area contributed by atoms with E-state index in [1.54, 1.807) is 9.80 Å². The topological polar surface area (TPSA) is 209 Å². The average molecular weight is 444 g/mol. The minimum Gasteiger partial charge on any atom is -0.427 e. The highest BCUT2D eigenvalue weighted by atomic mass is 16.4. The quantitative estimate of drug-likeness (QED) is 0.0758. The second kappa shape index (κ2) is 28.6. The fourth-order valence-electron chi connectivity index (χ4n) is 2.17. The van der Waals surface area contributed by atoms with Crippen molar-refractivity contribution in [2.24, 2.45) is 0 Å². The van der Waals surface area contributed by atoms with Crippen molar-refractivity contribution in [3.63, 3.8) is 0 Å². The molecule has 0 heterocycles. The first kappa shape index (κ1) is 34.3. The van der Waals surface area contributed by atoms with Gasteiger partial charge < -0.3 is 50.7 Å². The van der Waals surface area contributed by atoms with Gasteiger partial charge in [-0.05, 0) is 12.6 Å². The lowest BCUT2D eigenvalue weighted by atomic mass is 9.78. The smallest absolute Gasteiger partial charge is 0.427 e. The molecule has 0 rings (SSSR count). The fraction of sp³-hybridized carbons (Fsp3) is 1.00. The third-order valence-corrected chi connectivity index (χ3v) is 3.67. The lowest BCUT2D eigenvalue weighted by Gasteiger charge is -2.17. The number of rotatable bonds is 17. The summed E-state index contributed by atoms with van der Waals surface area (Å²) in [5, 5.41) is 84.3. The zero-order chi connectivity index (χ0) is 23.6. The third-order valence-electron chi connectivity index (χ3n) is 3.67. The first-order valence-corrected chi connectivity index (χ1v) is 10.1. The summed E-state index contributed by atoms with van der Waals surface area (Å²) in [5.41, 5.74) is 0. The van der Waals surface area contributed by atoms with Crippen molar-refractivity contribution in [2.45, 2.75) is 25.5 Å². The number of hydrogen-bond acceptors (Lipinski definition) is 12. The predicted molar refractivity (Wildman–Crippen MR) is 115 cm³/mol. The van der Waals surface area contributed by atoms with E-state index in [-0.39, 0.29) is 39.6 Å². The van der Waals surface area contributed by atoms with Gasteiger partial charge in [-0.1, -0.05) is 12.8 Å². The maximum atomic E-state index is 8.48. The average Bonchev–Trinajstić information content (AvgIpc) is 2.67. The molecule has 10 N–H and O–H groups in total. The Hall–Kier alpha value is -0.350. The standard InChI is InChI=1S/2C6H15NO3.C4H12B2O4/c2*8-4-1-7(2-5-9)3-6-10;7-5(8)3-1-2-4-6(9)10/h2*8-10H,1-6H2;7-10H,1-4H2. The van der Waals surface area contributed by atoms with Gasteiger partial charge in [0.05, 0.1) is 39.6 Å². The molecule has 0 radical (unpaired) electrons. The van der Waals surface area contributed by atoms with Crippen molar-refractivity contribution in [3.8, 4) is 0 Å². The Balaban J connectivity index is -0.000000364. The SMILES string of the molecule is OB(O)CCCCB(O)O.OCCN(CCO)CCO.OCCN(CCO)CCO. The highest BCUT2D eigenvalue weighted by molar-refractivity contribution is 6.41. The Bertz CT molecular complexity index is 255. The third kappa shape index (κ3) is 32.3. The van der Waals surface area contributed by atoms with Crippen molar-refractivity contribution in [3.05, 3.63) is 0 Å². The van der Waals surface area contributed by atoms with Gasteiger partial charge in [-0.2, -0.15) is 0 Å². The maximum absolute atomic E-state index is 8.48. The lowest BCUT2D eigenvalue weighted by Crippen LogP contribution is -2.32. The van der Waals surface area contributed by atoms with Gasteiger partial charge in [0, 0.05) is 39.3 Å². The molecule has 0 atom stereocenters. The van der Waals surface area contributed by atoms with Crippen LogP contribution in [0.15, 0.2) is 0 Å². The van der Waals surface area contributed by atoms with Gasteiger partial charge in [-0.15, -0.1) is 0 Å². The van der Waals surface area contributed by atoms with Crippen molar-refractivity contribution < 1.29 is 50.7 Å². The van der Waals surface area contributed by atoms with Crippen LogP contribution in [0.3, 0.4) is 0 Å². The van der Waals surface area contributed by atoms with Gasteiger partial charge in [-0.3, -0.25) is 9.80 Å². The molecule has 0 fully saturated rings. The highest BCUT2D eigenvalue weighted by Gasteiger charge is 2.08. The molecule has 14 heteroatoms. The molecule has 0 aromatic carbocycles. The van der Waals surface area contributed by atoms with Crippen LogP contribution >= 0.6 is 0 Å². The van der Waals surface area contributed by atoms with Crippen molar-refractivity contribution in [1.29, 1.82) is 0 Å². The van der Waals surface area contributed by atoms with E-state index < -0.39 is 14.2 Å². The zero-order valence-electron chi connectivity index (χ0n) is 17.8. The van der Waals surface area contributed by atoms with E-state index in [0.717, 1.165) is 0 Å². The van der Waals surface area contributed by atoms with E-state index in [1.807, 2.05) is 0 Å². The summed E-state index contributed by atoms with van der Waals surface area (Å²) in [7, 11) is -2.54. The molecule has 0 aliphatic heterocycles. The molecule has 0 aliphatic carbocycles. The normalized spacial score (nSPS) is 10.4. The number of aliphatic hydroxyl groups is 6. The van der Waals surface area contributed by atoms with Crippen LogP contribution in [0.1, 0.15) is 12.8 Å². The second-order valence-corrected chi connectivity index (χ2v) is 6.27. The largest absolute Gasteiger partial charge is 0.451 e. The van der Waals surface area contributed by atoms with E-state index in [9.17, 15) is 0 Å². The van der Waals surface area contributed by atoms with Crippen LogP contribution in [-0.2, 0) is 0 Å². The highest BCUT2D eigenvalue weighted by Crippen LogP contribution is 2.02. The molecule has 182 valence electrons. The molecule has 0 aliphatic rings. The van der Waals surface area contributed by atoms with E-state index in [4.69, 9.17) is 50.7 Å². The number of aliphatic hydroxyl groups excluding tert-OH is 6. The first-order valence-electron chi connectivity index (χ1n) is 10.1. The molecular formula is C16H42B2N2O10. The van der Waals surface area contributed by atoms with Gasteiger partial charge >= 0.3 is 14.2 Å². The van der Waals surface area contributed by atoms with E-state index in [2.05, 4.69) is 0 Å². The molecule has 0 aromatic rings. The summed E-state index contributed by atoms with van der Waals surface area (Å²) in [5.74, 6) is 0. The van der Waals surface area contributed by atoms with Crippen LogP contribution in [0.2, 0.25) is 12.6 Å². The first-order chi connectivity index (χ1) is 14.3. The van der Waals surface area contributed by atoms with Gasteiger partial charge in [0.1, 0.15) is 0 Å². The summed E-state index contributed by atoms with van der Waals surface area (Å²) < 4.78 is 0. The van der Waals surface area contributed by atoms with Gasteiger partial charge in [0.2, 0.25) is 0 Å². The Labute approximate surface area is 179 Å². The van der Waals surface area contributed by atoms with Crippen LogP contribution in [0.25, 0.3) is 0 Å². The zero-order valence-corrected chi connectivity index (χ0v) is 17.8. The lowest BCUT2D eigenvalue weighted by molar-refractivity contribution is 0.136. The molecule has 0 spiro atoms. The molecule has 12 nitrogen and oxygen atoms in total. The molecule has 0 unspecified atom stereocenters. The molecule has 0 bridgehead atoms. The minimum absolute atomic E-state index is 0.0694. The number of nitrogens with zero attached hydrogens (tertiary/aromatic N) is 2. The van der Waals surface area contributed by atoms with Gasteiger partial charge in [0.25, 0.3) is 0 Å². The van der Waals surface area contributed by atoms with Crippen molar-refractivity contribution in [2.75, 3.05) is 78.9 Å². The van der Waals surface area contributed by atoms with Crippen LogP contribution in [0.5, 0.6) is 0 Å². The second-order valence-electron chi connectivity index (χ2n) is 6.27. The number of unbranched alkanes of at least 4 members (excludes halogenated alkanes) is 1. The van der Waals surface area contributed by atoms with E-state index >= 15 is 0 Å². The summed E-state index contributed by atoms with van der Waals surface area (Å²) in [6, 6.07) is 0. The fourth-order valence-corrected chi connectivity index (χ4v) is 2.17.